The molecule has 2 aromatic rings. The maximum Gasteiger partial charge on any atom is 0.313 e. The van der Waals surface area contributed by atoms with Gasteiger partial charge in [0, 0.05) is 6.54 Å². The number of carboxylic acids is 1. The van der Waals surface area contributed by atoms with Crippen LogP contribution in [0.3, 0.4) is 0 Å². The molecule has 0 aliphatic rings. The maximum absolute atomic E-state index is 11.8. The van der Waals surface area contributed by atoms with Gasteiger partial charge in [0.2, 0.25) is 5.91 Å². The van der Waals surface area contributed by atoms with Gasteiger partial charge in [-0.15, -0.1) is 0 Å². The maximum atomic E-state index is 11.8. The van der Waals surface area contributed by atoms with Gasteiger partial charge in [-0.25, -0.2) is 4.98 Å². The lowest BCUT2D eigenvalue weighted by Gasteiger charge is -2.08. The van der Waals surface area contributed by atoms with Crippen LogP contribution in [0.4, 0.5) is 0 Å². The van der Waals surface area contributed by atoms with Gasteiger partial charge >= 0.3 is 5.97 Å². The minimum Gasteiger partial charge on any atom is -0.481 e. The molecule has 1 amide bonds. The van der Waals surface area contributed by atoms with E-state index in [1.807, 2.05) is 6.92 Å². The molecule has 1 aromatic carbocycles. The molecular formula is C13H14ClN3O3S. The van der Waals surface area contributed by atoms with Gasteiger partial charge in [-0.2, -0.15) is 0 Å². The molecule has 112 valence electrons. The number of carboxylic acid groups (broad SMARTS) is 1. The van der Waals surface area contributed by atoms with E-state index >= 15 is 0 Å². The molecule has 0 atom stereocenters. The van der Waals surface area contributed by atoms with Crippen molar-refractivity contribution in [1.29, 1.82) is 0 Å². The average Bonchev–Trinajstić information content (AvgIpc) is 2.76. The summed E-state index contributed by atoms with van der Waals surface area (Å²) in [6.45, 7) is 2.44. The number of rotatable bonds is 6. The standard InChI is InChI=1S/C13H14ClN3O3S/c1-2-15-10(18)6-17-9-5-3-4-8(14)12(9)16-13(17)21-7-11(19)20/h3-5H,2,6-7H2,1H3,(H,15,18)(H,19,20). The molecule has 21 heavy (non-hydrogen) atoms. The smallest absolute Gasteiger partial charge is 0.313 e. The zero-order valence-electron chi connectivity index (χ0n) is 11.3. The Kier molecular flexibility index (Phi) is 5.08. The molecular weight excluding hydrogens is 314 g/mol. The summed E-state index contributed by atoms with van der Waals surface area (Å²) >= 11 is 7.16. The Balaban J connectivity index is 2.42. The molecule has 0 spiro atoms. The molecule has 2 rings (SSSR count). The third-order valence-corrected chi connectivity index (χ3v) is 3.96. The van der Waals surface area contributed by atoms with Crippen molar-refractivity contribution in [3.05, 3.63) is 23.2 Å². The largest absolute Gasteiger partial charge is 0.481 e. The van der Waals surface area contributed by atoms with Crippen LogP contribution in [0.1, 0.15) is 6.92 Å². The predicted octanol–water partition coefficient (Wildman–Crippen LogP) is 2.00. The monoisotopic (exact) mass is 327 g/mol. The van der Waals surface area contributed by atoms with Gasteiger partial charge in [0.1, 0.15) is 12.1 Å². The summed E-state index contributed by atoms with van der Waals surface area (Å²) in [7, 11) is 0. The van der Waals surface area contributed by atoms with E-state index in [1.54, 1.807) is 22.8 Å². The second kappa shape index (κ2) is 6.82. The minimum absolute atomic E-state index is 0.0760. The fourth-order valence-electron chi connectivity index (χ4n) is 1.88. The Labute approximate surface area is 130 Å². The normalized spacial score (nSPS) is 10.8. The molecule has 0 aliphatic carbocycles. The number of benzene rings is 1. The highest BCUT2D eigenvalue weighted by molar-refractivity contribution is 7.99. The molecule has 0 saturated carbocycles. The van der Waals surface area contributed by atoms with E-state index in [0.29, 0.717) is 27.8 Å². The van der Waals surface area contributed by atoms with Crippen LogP contribution in [0.15, 0.2) is 23.4 Å². The number of nitrogens with one attached hydrogen (secondary N) is 1. The minimum atomic E-state index is -0.942. The number of aromatic nitrogens is 2. The molecule has 0 aliphatic heterocycles. The van der Waals surface area contributed by atoms with Crippen molar-refractivity contribution >= 4 is 46.3 Å². The lowest BCUT2D eigenvalue weighted by molar-refractivity contribution is -0.133. The fourth-order valence-corrected chi connectivity index (χ4v) is 2.82. The van der Waals surface area contributed by atoms with E-state index in [9.17, 15) is 9.59 Å². The van der Waals surface area contributed by atoms with Crippen molar-refractivity contribution in [3.63, 3.8) is 0 Å². The van der Waals surface area contributed by atoms with E-state index in [0.717, 1.165) is 11.8 Å². The summed E-state index contributed by atoms with van der Waals surface area (Å²) in [6.07, 6.45) is 0. The van der Waals surface area contributed by atoms with Crippen LogP contribution in [0.5, 0.6) is 0 Å². The number of thioether (sulfide) groups is 1. The first kappa shape index (κ1) is 15.7. The summed E-state index contributed by atoms with van der Waals surface area (Å²) in [5.74, 6) is -1.23. The number of hydrogen-bond donors (Lipinski definition) is 2. The summed E-state index contributed by atoms with van der Waals surface area (Å²) in [4.78, 5) is 26.9. The van der Waals surface area contributed by atoms with Crippen LogP contribution in [0.25, 0.3) is 11.0 Å². The van der Waals surface area contributed by atoms with Crippen molar-refractivity contribution < 1.29 is 14.7 Å². The van der Waals surface area contributed by atoms with Crippen LogP contribution in [0, 0.1) is 0 Å². The molecule has 0 radical (unpaired) electrons. The van der Waals surface area contributed by atoms with Crippen molar-refractivity contribution in [1.82, 2.24) is 14.9 Å². The zero-order valence-corrected chi connectivity index (χ0v) is 12.9. The number of aliphatic carboxylic acids is 1. The van der Waals surface area contributed by atoms with E-state index in [1.165, 1.54) is 0 Å². The van der Waals surface area contributed by atoms with E-state index in [4.69, 9.17) is 16.7 Å². The van der Waals surface area contributed by atoms with Gasteiger partial charge in [-0.3, -0.25) is 9.59 Å². The number of nitrogens with zero attached hydrogens (tertiary/aromatic N) is 2. The van der Waals surface area contributed by atoms with E-state index < -0.39 is 5.97 Å². The number of halogens is 1. The molecule has 8 heteroatoms. The third-order valence-electron chi connectivity index (χ3n) is 2.70. The van der Waals surface area contributed by atoms with E-state index in [2.05, 4.69) is 10.3 Å². The molecule has 2 N–H and O–H groups in total. The van der Waals surface area contributed by atoms with Gasteiger partial charge < -0.3 is 15.0 Å². The first-order valence-corrected chi connectivity index (χ1v) is 7.65. The Hall–Kier alpha value is -1.73. The predicted molar refractivity (Wildman–Crippen MR) is 81.8 cm³/mol. The van der Waals surface area contributed by atoms with Gasteiger partial charge in [0.15, 0.2) is 5.16 Å². The molecule has 0 bridgehead atoms. The topological polar surface area (TPSA) is 84.2 Å². The molecule has 6 nitrogen and oxygen atoms in total. The van der Waals surface area contributed by atoms with Gasteiger partial charge in [-0.05, 0) is 19.1 Å². The number of amides is 1. The van der Waals surface area contributed by atoms with Crippen LogP contribution >= 0.6 is 23.4 Å². The van der Waals surface area contributed by atoms with Gasteiger partial charge in [0.05, 0.1) is 16.3 Å². The van der Waals surface area contributed by atoms with Crippen LogP contribution < -0.4 is 5.32 Å². The second-order valence-corrected chi connectivity index (χ2v) is 5.57. The number of para-hydroxylation sites is 1. The molecule has 1 heterocycles. The summed E-state index contributed by atoms with van der Waals surface area (Å²) < 4.78 is 1.68. The Morgan fingerprint density at radius 1 is 1.48 bits per heavy atom. The Morgan fingerprint density at radius 3 is 2.90 bits per heavy atom. The SMILES string of the molecule is CCNC(=O)Cn1c(SCC(=O)O)nc2c(Cl)cccc21. The van der Waals surface area contributed by atoms with Crippen molar-refractivity contribution in [3.8, 4) is 0 Å². The zero-order chi connectivity index (χ0) is 15.4. The third kappa shape index (κ3) is 3.68. The molecule has 0 saturated heterocycles. The first-order valence-electron chi connectivity index (χ1n) is 6.29. The van der Waals surface area contributed by atoms with Gasteiger partial charge in [0.25, 0.3) is 0 Å². The molecule has 1 aromatic heterocycles. The number of likely N-dealkylation sites (N-methyl/N-ethyl adjacent to an activating group) is 1. The number of carbonyl (C=O) groups excluding carboxylic acids is 1. The quantitative estimate of drug-likeness (QED) is 0.793. The summed E-state index contributed by atoms with van der Waals surface area (Å²) in [6, 6.07) is 5.28. The Morgan fingerprint density at radius 2 is 2.24 bits per heavy atom. The van der Waals surface area contributed by atoms with Gasteiger partial charge in [-0.1, -0.05) is 29.4 Å². The summed E-state index contributed by atoms with van der Waals surface area (Å²) in [5, 5.41) is 12.4. The van der Waals surface area contributed by atoms with Crippen LogP contribution in [0.2, 0.25) is 5.02 Å². The van der Waals surface area contributed by atoms with Crippen molar-refractivity contribution in [2.75, 3.05) is 12.3 Å². The highest BCUT2D eigenvalue weighted by atomic mass is 35.5. The lowest BCUT2D eigenvalue weighted by Crippen LogP contribution is -2.27. The Bertz CT molecular complexity index is 687. The first-order chi connectivity index (χ1) is 10.0. The number of imidazole rings is 1. The highest BCUT2D eigenvalue weighted by Crippen LogP contribution is 2.28. The van der Waals surface area contributed by atoms with Crippen LogP contribution in [-0.4, -0.2) is 38.8 Å². The van der Waals surface area contributed by atoms with Crippen LogP contribution in [-0.2, 0) is 16.1 Å². The molecule has 0 unspecified atom stereocenters. The summed E-state index contributed by atoms with van der Waals surface area (Å²) in [5.41, 5.74) is 1.28. The highest BCUT2D eigenvalue weighted by Gasteiger charge is 2.16. The van der Waals surface area contributed by atoms with E-state index in [-0.39, 0.29) is 18.2 Å². The number of hydrogen-bond acceptors (Lipinski definition) is 4. The second-order valence-electron chi connectivity index (χ2n) is 4.22. The lowest BCUT2D eigenvalue weighted by atomic mass is 10.3. The number of fused-ring (bicyclic) bond motifs is 1. The number of carbonyl (C=O) groups is 2. The van der Waals surface area contributed by atoms with Crippen molar-refractivity contribution in [2.24, 2.45) is 0 Å². The average molecular weight is 328 g/mol. The molecule has 0 fully saturated rings. The fraction of sp³-hybridized carbons (Fsp3) is 0.308. The van der Waals surface area contributed by atoms with Crippen molar-refractivity contribution in [2.45, 2.75) is 18.6 Å².